The zero-order chi connectivity index (χ0) is 25.9. The Labute approximate surface area is 227 Å². The van der Waals surface area contributed by atoms with Crippen molar-refractivity contribution in [1.82, 2.24) is 14.8 Å². The summed E-state index contributed by atoms with van der Waals surface area (Å²) in [6, 6.07) is 23.5. The lowest BCUT2D eigenvalue weighted by Gasteiger charge is -2.40. The molecule has 1 N–H and O–H groups in total. The van der Waals surface area contributed by atoms with E-state index >= 15 is 0 Å². The van der Waals surface area contributed by atoms with E-state index < -0.39 is 0 Å². The smallest absolute Gasteiger partial charge is 0.254 e. The van der Waals surface area contributed by atoms with Gasteiger partial charge in [-0.15, -0.1) is 0 Å². The van der Waals surface area contributed by atoms with Crippen LogP contribution in [0.25, 0.3) is 10.9 Å². The maximum Gasteiger partial charge on any atom is 0.254 e. The van der Waals surface area contributed by atoms with E-state index in [-0.39, 0.29) is 23.9 Å². The molecule has 1 fully saturated rings. The third-order valence-corrected chi connectivity index (χ3v) is 7.55. The van der Waals surface area contributed by atoms with Crippen molar-refractivity contribution in [3.8, 4) is 0 Å². The minimum absolute atomic E-state index is 0.00156. The van der Waals surface area contributed by atoms with E-state index in [4.69, 9.17) is 23.2 Å². The number of hydrogen-bond acceptors (Lipinski definition) is 3. The highest BCUT2D eigenvalue weighted by molar-refractivity contribution is 6.35. The normalized spacial score (nSPS) is 17.8. The van der Waals surface area contributed by atoms with E-state index in [2.05, 4.69) is 23.5 Å². The molecule has 1 aliphatic rings. The highest BCUT2D eigenvalue weighted by Crippen LogP contribution is 2.27. The Morgan fingerprint density at radius 1 is 0.973 bits per heavy atom. The number of likely N-dealkylation sites (tertiary alicyclic amines) is 1. The summed E-state index contributed by atoms with van der Waals surface area (Å²) in [4.78, 5) is 27.7. The van der Waals surface area contributed by atoms with Crippen molar-refractivity contribution in [2.75, 3.05) is 6.54 Å². The summed E-state index contributed by atoms with van der Waals surface area (Å²) >= 11 is 12.4. The molecule has 190 valence electrons. The first-order valence-electron chi connectivity index (χ1n) is 12.5. The third-order valence-electron chi connectivity index (χ3n) is 7.12. The summed E-state index contributed by atoms with van der Waals surface area (Å²) < 4.78 is 1.71. The van der Waals surface area contributed by atoms with Gasteiger partial charge < -0.3 is 10.2 Å². The van der Waals surface area contributed by atoms with Gasteiger partial charge in [-0.3, -0.25) is 14.2 Å². The summed E-state index contributed by atoms with van der Waals surface area (Å²) in [5.74, 6) is -0.0494. The van der Waals surface area contributed by atoms with Gasteiger partial charge in [-0.1, -0.05) is 71.7 Å². The fraction of sp³-hybridized carbons (Fsp3) is 0.267. The topological polar surface area (TPSA) is 54.3 Å². The number of benzene rings is 3. The van der Waals surface area contributed by atoms with Crippen LogP contribution in [0, 0.1) is 0 Å². The van der Waals surface area contributed by atoms with Crippen LogP contribution in [-0.2, 0) is 13.0 Å². The van der Waals surface area contributed by atoms with Gasteiger partial charge in [0.25, 0.3) is 5.91 Å². The monoisotopic (exact) mass is 533 g/mol. The standard InChI is InChI=1S/C30H29Cl2N3O2/c1-20(36)35-19-23(28-9-5-6-10-29(28)35)18-33-26-11-12-34(27(17-26)13-21-7-3-2-4-8-21)30(37)22-14-24(31)16-25(32)15-22/h2-10,14-16,19,26-27,33H,11-13,17-18H2,1H3/t26-,27+/m0/s1. The van der Waals surface area contributed by atoms with Gasteiger partial charge in [0.1, 0.15) is 0 Å². The first-order chi connectivity index (χ1) is 17.9. The average Bonchev–Trinajstić information content (AvgIpc) is 3.26. The number of halogens is 2. The number of carbonyl (C=O) groups is 2. The van der Waals surface area contributed by atoms with E-state index in [0.29, 0.717) is 28.7 Å². The van der Waals surface area contributed by atoms with E-state index in [0.717, 1.165) is 35.7 Å². The second kappa shape index (κ2) is 11.1. The molecular weight excluding hydrogens is 505 g/mol. The highest BCUT2D eigenvalue weighted by atomic mass is 35.5. The van der Waals surface area contributed by atoms with Crippen molar-refractivity contribution in [1.29, 1.82) is 0 Å². The molecule has 1 aliphatic heterocycles. The number of hydrogen-bond donors (Lipinski definition) is 1. The van der Waals surface area contributed by atoms with Crippen molar-refractivity contribution in [2.24, 2.45) is 0 Å². The van der Waals surface area contributed by atoms with Crippen LogP contribution in [0.15, 0.2) is 79.0 Å². The van der Waals surface area contributed by atoms with Gasteiger partial charge in [-0.05, 0) is 54.7 Å². The van der Waals surface area contributed by atoms with Crippen molar-refractivity contribution >= 4 is 45.9 Å². The van der Waals surface area contributed by atoms with Crippen LogP contribution in [0.3, 0.4) is 0 Å². The number of fused-ring (bicyclic) bond motifs is 1. The maximum atomic E-state index is 13.6. The van der Waals surface area contributed by atoms with Gasteiger partial charge in [0.05, 0.1) is 5.52 Å². The number of nitrogens with one attached hydrogen (secondary N) is 1. The summed E-state index contributed by atoms with van der Waals surface area (Å²) in [5.41, 5.74) is 3.73. The zero-order valence-corrected chi connectivity index (χ0v) is 22.2. The van der Waals surface area contributed by atoms with Crippen molar-refractivity contribution in [2.45, 2.75) is 44.8 Å². The van der Waals surface area contributed by atoms with Crippen molar-refractivity contribution < 1.29 is 9.59 Å². The number of rotatable bonds is 6. The fourth-order valence-corrected chi connectivity index (χ4v) is 5.86. The molecule has 0 aliphatic carbocycles. The molecule has 1 amide bonds. The Balaban J connectivity index is 1.35. The van der Waals surface area contributed by atoms with Gasteiger partial charge in [-0.2, -0.15) is 0 Å². The lowest BCUT2D eigenvalue weighted by molar-refractivity contribution is 0.0576. The minimum Gasteiger partial charge on any atom is -0.335 e. The lowest BCUT2D eigenvalue weighted by atomic mass is 9.91. The Morgan fingerprint density at radius 3 is 2.41 bits per heavy atom. The predicted molar refractivity (Wildman–Crippen MR) is 150 cm³/mol. The summed E-state index contributed by atoms with van der Waals surface area (Å²) in [6.07, 6.45) is 4.35. The van der Waals surface area contributed by atoms with Crippen molar-refractivity contribution in [3.05, 3.63) is 106 Å². The fourth-order valence-electron chi connectivity index (χ4n) is 5.33. The average molecular weight is 534 g/mol. The molecule has 0 saturated carbocycles. The molecule has 5 rings (SSSR count). The first kappa shape index (κ1) is 25.5. The van der Waals surface area contributed by atoms with Gasteiger partial charge in [0, 0.05) is 59.3 Å². The zero-order valence-electron chi connectivity index (χ0n) is 20.7. The quantitative estimate of drug-likeness (QED) is 0.303. The third kappa shape index (κ3) is 5.74. The molecule has 0 spiro atoms. The first-order valence-corrected chi connectivity index (χ1v) is 13.3. The maximum absolute atomic E-state index is 13.6. The Kier molecular flexibility index (Phi) is 7.65. The van der Waals surface area contributed by atoms with Crippen LogP contribution in [0.2, 0.25) is 10.0 Å². The Morgan fingerprint density at radius 2 is 1.68 bits per heavy atom. The molecule has 2 heterocycles. The molecule has 2 atom stereocenters. The van der Waals surface area contributed by atoms with E-state index in [9.17, 15) is 9.59 Å². The van der Waals surface area contributed by atoms with Crippen LogP contribution in [0.5, 0.6) is 0 Å². The second-order valence-corrected chi connectivity index (χ2v) is 10.5. The Hall–Kier alpha value is -3.12. The molecule has 1 aromatic heterocycles. The van der Waals surface area contributed by atoms with Gasteiger partial charge >= 0.3 is 0 Å². The molecule has 37 heavy (non-hydrogen) atoms. The molecular formula is C30H29Cl2N3O2. The molecule has 3 aromatic carbocycles. The van der Waals surface area contributed by atoms with Gasteiger partial charge in [0.15, 0.2) is 0 Å². The second-order valence-electron chi connectivity index (χ2n) is 9.66. The predicted octanol–water partition coefficient (Wildman–Crippen LogP) is 6.61. The van der Waals surface area contributed by atoms with Crippen LogP contribution in [0.1, 0.15) is 46.0 Å². The van der Waals surface area contributed by atoms with Crippen LogP contribution in [-0.4, -0.2) is 39.9 Å². The number of piperidine rings is 1. The lowest BCUT2D eigenvalue weighted by Crippen LogP contribution is -2.51. The number of para-hydroxylation sites is 1. The molecule has 7 heteroatoms. The number of aromatic nitrogens is 1. The number of amides is 1. The molecule has 1 saturated heterocycles. The van der Waals surface area contributed by atoms with Crippen molar-refractivity contribution in [3.63, 3.8) is 0 Å². The van der Waals surface area contributed by atoms with E-state index in [1.165, 1.54) is 5.56 Å². The summed E-state index contributed by atoms with van der Waals surface area (Å²) in [5, 5.41) is 5.70. The highest BCUT2D eigenvalue weighted by Gasteiger charge is 2.32. The van der Waals surface area contributed by atoms with Gasteiger partial charge in [-0.25, -0.2) is 0 Å². The van der Waals surface area contributed by atoms with E-state index in [1.54, 1.807) is 29.7 Å². The van der Waals surface area contributed by atoms with Crippen LogP contribution >= 0.6 is 23.2 Å². The summed E-state index contributed by atoms with van der Waals surface area (Å²) in [6.45, 7) is 2.87. The van der Waals surface area contributed by atoms with Crippen LogP contribution in [0.4, 0.5) is 0 Å². The molecule has 0 radical (unpaired) electrons. The van der Waals surface area contributed by atoms with Crippen LogP contribution < -0.4 is 5.32 Å². The number of nitrogens with zero attached hydrogens (tertiary/aromatic N) is 2. The molecule has 5 nitrogen and oxygen atoms in total. The Bertz CT molecular complexity index is 1410. The van der Waals surface area contributed by atoms with E-state index in [1.807, 2.05) is 47.5 Å². The van der Waals surface area contributed by atoms with Gasteiger partial charge in [0.2, 0.25) is 5.91 Å². The minimum atomic E-state index is -0.0479. The summed E-state index contributed by atoms with van der Waals surface area (Å²) in [7, 11) is 0. The number of carbonyl (C=O) groups excluding carboxylic acids is 2. The molecule has 0 bridgehead atoms. The molecule has 0 unspecified atom stereocenters. The SMILES string of the molecule is CC(=O)n1cc(CN[C@H]2CCN(C(=O)c3cc(Cl)cc(Cl)c3)[C@H](Cc3ccccc3)C2)c2ccccc21. The largest absolute Gasteiger partial charge is 0.335 e. The molecule has 4 aromatic rings.